The fraction of sp³-hybridized carbons (Fsp3) is 0.167. The average Bonchev–Trinajstić information content (AvgIpc) is 2.60. The number of fused-ring (bicyclic) bond motifs is 5. The van der Waals surface area contributed by atoms with E-state index in [0.29, 0.717) is 10.6 Å². The third-order valence-electron chi connectivity index (χ3n) is 4.42. The maximum Gasteiger partial charge on any atom is 0.345 e. The summed E-state index contributed by atoms with van der Waals surface area (Å²) >= 11 is 1.39. The maximum absolute atomic E-state index is 12.4. The number of carbonyl (C=O) groups is 3. The summed E-state index contributed by atoms with van der Waals surface area (Å²) in [6.07, 6.45) is -1.43. The Morgan fingerprint density at radius 3 is 2.52 bits per heavy atom. The number of aliphatic hydroxyl groups is 1. The summed E-state index contributed by atoms with van der Waals surface area (Å²) in [5.41, 5.74) is -1.12. The Balaban J connectivity index is 1.75. The standard InChI is InChI=1S/C18H11NO7S/c20-12-6-18(23)7-13(21)25-16-14-11(5-9(24-12)15(16)26-17(18)22)27-10-4-2-1-3-8(10)19-14/h1-5,19,23H,6-7H2. The van der Waals surface area contributed by atoms with Gasteiger partial charge in [0.25, 0.3) is 0 Å². The number of esters is 3. The van der Waals surface area contributed by atoms with Crippen molar-refractivity contribution in [1.29, 1.82) is 0 Å². The highest BCUT2D eigenvalue weighted by Crippen LogP contribution is 2.55. The molecule has 0 spiro atoms. The Morgan fingerprint density at radius 2 is 1.70 bits per heavy atom. The summed E-state index contributed by atoms with van der Waals surface area (Å²) < 4.78 is 16.0. The summed E-state index contributed by atoms with van der Waals surface area (Å²) in [7, 11) is 0. The summed E-state index contributed by atoms with van der Waals surface area (Å²) in [6, 6.07) is 9.03. The smallest absolute Gasteiger partial charge is 0.345 e. The van der Waals surface area contributed by atoms with Crippen LogP contribution in [0.4, 0.5) is 11.4 Å². The molecule has 9 heteroatoms. The molecule has 2 N–H and O–H groups in total. The van der Waals surface area contributed by atoms with E-state index in [1.54, 1.807) is 0 Å². The van der Waals surface area contributed by atoms with Crippen LogP contribution in [-0.4, -0.2) is 28.6 Å². The molecular formula is C18H11NO7S. The first-order valence-electron chi connectivity index (χ1n) is 8.04. The molecule has 0 saturated carbocycles. The van der Waals surface area contributed by atoms with Gasteiger partial charge in [0, 0.05) is 15.9 Å². The second-order valence-electron chi connectivity index (χ2n) is 6.35. The van der Waals surface area contributed by atoms with Crippen molar-refractivity contribution in [1.82, 2.24) is 0 Å². The van der Waals surface area contributed by atoms with E-state index in [4.69, 9.17) is 14.2 Å². The van der Waals surface area contributed by atoms with Crippen molar-refractivity contribution < 1.29 is 33.7 Å². The van der Waals surface area contributed by atoms with Crippen molar-refractivity contribution in [3.63, 3.8) is 0 Å². The molecule has 2 bridgehead atoms. The Labute approximate surface area is 156 Å². The molecule has 2 aromatic carbocycles. The van der Waals surface area contributed by atoms with Crippen LogP contribution in [0.15, 0.2) is 40.1 Å². The molecular weight excluding hydrogens is 374 g/mol. The lowest BCUT2D eigenvalue weighted by Crippen LogP contribution is -2.48. The summed E-state index contributed by atoms with van der Waals surface area (Å²) in [5, 5.41) is 13.6. The molecule has 0 amide bonds. The molecule has 0 radical (unpaired) electrons. The van der Waals surface area contributed by atoms with Crippen LogP contribution in [0.25, 0.3) is 0 Å². The second-order valence-corrected chi connectivity index (χ2v) is 7.44. The molecule has 3 aliphatic rings. The lowest BCUT2D eigenvalue weighted by Gasteiger charge is -2.32. The number of carbonyl (C=O) groups excluding carboxylic acids is 3. The predicted octanol–water partition coefficient (Wildman–Crippen LogP) is 2.15. The van der Waals surface area contributed by atoms with Crippen LogP contribution in [0.5, 0.6) is 17.2 Å². The van der Waals surface area contributed by atoms with E-state index < -0.39 is 36.4 Å². The highest BCUT2D eigenvalue weighted by Gasteiger charge is 2.48. The topological polar surface area (TPSA) is 111 Å². The van der Waals surface area contributed by atoms with Crippen LogP contribution in [0.3, 0.4) is 0 Å². The van der Waals surface area contributed by atoms with Gasteiger partial charge in [-0.05, 0) is 12.1 Å². The Hall–Kier alpha value is -3.04. The number of para-hydroxylation sites is 1. The number of benzene rings is 2. The van der Waals surface area contributed by atoms with Gasteiger partial charge in [-0.15, -0.1) is 0 Å². The van der Waals surface area contributed by atoms with Crippen molar-refractivity contribution in [3.05, 3.63) is 30.3 Å². The van der Waals surface area contributed by atoms with Crippen LogP contribution < -0.4 is 19.5 Å². The predicted molar refractivity (Wildman–Crippen MR) is 91.4 cm³/mol. The first-order chi connectivity index (χ1) is 12.9. The minimum atomic E-state index is -2.33. The van der Waals surface area contributed by atoms with Gasteiger partial charge in [-0.25, -0.2) is 4.79 Å². The molecule has 1 unspecified atom stereocenters. The van der Waals surface area contributed by atoms with E-state index in [0.717, 1.165) is 10.6 Å². The van der Waals surface area contributed by atoms with Crippen molar-refractivity contribution in [3.8, 4) is 17.2 Å². The number of rotatable bonds is 0. The number of anilines is 2. The zero-order valence-corrected chi connectivity index (χ0v) is 14.4. The molecule has 8 nitrogen and oxygen atoms in total. The fourth-order valence-corrected chi connectivity index (χ4v) is 4.18. The van der Waals surface area contributed by atoms with Crippen LogP contribution >= 0.6 is 11.8 Å². The van der Waals surface area contributed by atoms with Crippen LogP contribution in [-0.2, 0) is 14.4 Å². The van der Waals surface area contributed by atoms with Gasteiger partial charge < -0.3 is 24.6 Å². The second kappa shape index (κ2) is 5.48. The maximum atomic E-state index is 12.4. The van der Waals surface area contributed by atoms with Gasteiger partial charge in [-0.2, -0.15) is 0 Å². The van der Waals surface area contributed by atoms with Crippen molar-refractivity contribution in [2.24, 2.45) is 0 Å². The zero-order valence-electron chi connectivity index (χ0n) is 13.6. The summed E-state index contributed by atoms with van der Waals surface area (Å²) in [6.45, 7) is 0. The molecule has 0 aromatic heterocycles. The molecule has 0 aliphatic carbocycles. The highest BCUT2D eigenvalue weighted by atomic mass is 32.2. The van der Waals surface area contributed by atoms with E-state index in [2.05, 4.69) is 5.32 Å². The largest absolute Gasteiger partial charge is 0.422 e. The van der Waals surface area contributed by atoms with Gasteiger partial charge in [0.05, 0.1) is 18.5 Å². The molecule has 3 aliphatic heterocycles. The van der Waals surface area contributed by atoms with Gasteiger partial charge in [0.1, 0.15) is 5.69 Å². The normalized spacial score (nSPS) is 22.6. The fourth-order valence-electron chi connectivity index (χ4n) is 3.16. The molecule has 1 atom stereocenters. The van der Waals surface area contributed by atoms with Crippen LogP contribution in [0.2, 0.25) is 0 Å². The molecule has 0 fully saturated rings. The van der Waals surface area contributed by atoms with Crippen molar-refractivity contribution >= 4 is 41.0 Å². The third-order valence-corrected chi connectivity index (χ3v) is 5.54. The van der Waals surface area contributed by atoms with E-state index >= 15 is 0 Å². The Kier molecular flexibility index (Phi) is 3.28. The molecule has 136 valence electrons. The van der Waals surface area contributed by atoms with Crippen molar-refractivity contribution in [2.45, 2.75) is 28.2 Å². The first-order valence-corrected chi connectivity index (χ1v) is 8.85. The van der Waals surface area contributed by atoms with E-state index in [-0.39, 0.29) is 17.2 Å². The summed E-state index contributed by atoms with van der Waals surface area (Å²) in [5.74, 6) is -3.11. The minimum absolute atomic E-state index is 0.0486. The Morgan fingerprint density at radius 1 is 0.963 bits per heavy atom. The van der Waals surface area contributed by atoms with Gasteiger partial charge in [-0.1, -0.05) is 23.9 Å². The van der Waals surface area contributed by atoms with Gasteiger partial charge in [0.2, 0.25) is 11.5 Å². The zero-order chi connectivity index (χ0) is 18.8. The van der Waals surface area contributed by atoms with Gasteiger partial charge in [-0.3, -0.25) is 9.59 Å². The lowest BCUT2D eigenvalue weighted by atomic mass is 9.94. The van der Waals surface area contributed by atoms with E-state index in [1.165, 1.54) is 17.8 Å². The molecule has 0 saturated heterocycles. The number of nitrogens with one attached hydrogen (secondary N) is 1. The molecule has 2 aromatic rings. The minimum Gasteiger partial charge on any atom is -0.422 e. The van der Waals surface area contributed by atoms with E-state index in [1.807, 2.05) is 24.3 Å². The molecule has 5 rings (SSSR count). The SMILES string of the molecule is O=C1CC2(O)CC(=O)Oc3c4c(cc(c3OC2=O)O1)Sc1ccccc1N4. The number of hydrogen-bond acceptors (Lipinski definition) is 9. The third kappa shape index (κ3) is 2.47. The van der Waals surface area contributed by atoms with Crippen LogP contribution in [0, 0.1) is 0 Å². The Bertz CT molecular complexity index is 1050. The van der Waals surface area contributed by atoms with Gasteiger partial charge >= 0.3 is 17.9 Å². The molecule has 27 heavy (non-hydrogen) atoms. The van der Waals surface area contributed by atoms with E-state index in [9.17, 15) is 19.5 Å². The average molecular weight is 385 g/mol. The first kappa shape index (κ1) is 16.2. The monoisotopic (exact) mass is 385 g/mol. The summed E-state index contributed by atoms with van der Waals surface area (Å²) in [4.78, 5) is 38.5. The number of ether oxygens (including phenoxy) is 3. The number of hydrogen-bond donors (Lipinski definition) is 2. The quantitative estimate of drug-likeness (QED) is 0.444. The van der Waals surface area contributed by atoms with Crippen LogP contribution in [0.1, 0.15) is 12.8 Å². The highest BCUT2D eigenvalue weighted by molar-refractivity contribution is 7.99. The molecule has 3 heterocycles. The van der Waals surface area contributed by atoms with Crippen molar-refractivity contribution in [2.75, 3.05) is 5.32 Å². The lowest BCUT2D eigenvalue weighted by molar-refractivity contribution is -0.170. The van der Waals surface area contributed by atoms with Gasteiger partial charge in [0.15, 0.2) is 11.4 Å².